The zero-order chi connectivity index (χ0) is 15.9. The molecular weight excluding hydrogens is 278 g/mol. The average Bonchev–Trinajstić information content (AvgIpc) is 2.53. The fraction of sp³-hybridized carbons (Fsp3) is 0.294. The van der Waals surface area contributed by atoms with Crippen molar-refractivity contribution >= 4 is 11.7 Å². The standard InChI is InChI=1S/C17H21N3O2/c1-20(2)16-10-14(7-8-18-16)12-19-17(21)11-13-5-4-6-15(9-13)22-3/h4-10H,11-12H2,1-3H3,(H,19,21). The van der Waals surface area contributed by atoms with Crippen LogP contribution in [0.5, 0.6) is 5.75 Å². The van der Waals surface area contributed by atoms with E-state index in [1.807, 2.05) is 55.4 Å². The Morgan fingerprint density at radius 3 is 2.77 bits per heavy atom. The first-order valence-electron chi connectivity index (χ1n) is 7.10. The average molecular weight is 299 g/mol. The molecule has 1 amide bonds. The number of carbonyl (C=O) groups is 1. The molecular formula is C17H21N3O2. The van der Waals surface area contributed by atoms with Gasteiger partial charge in [0, 0.05) is 26.8 Å². The van der Waals surface area contributed by atoms with Gasteiger partial charge in [-0.3, -0.25) is 4.79 Å². The van der Waals surface area contributed by atoms with Gasteiger partial charge in [0.05, 0.1) is 13.5 Å². The Hall–Kier alpha value is -2.56. The Kier molecular flexibility index (Phi) is 5.36. The molecule has 2 aromatic rings. The molecule has 0 saturated carbocycles. The van der Waals surface area contributed by atoms with Gasteiger partial charge in [-0.25, -0.2) is 4.98 Å². The van der Waals surface area contributed by atoms with Crippen molar-refractivity contribution in [2.75, 3.05) is 26.1 Å². The molecule has 116 valence electrons. The Morgan fingerprint density at radius 1 is 1.23 bits per heavy atom. The van der Waals surface area contributed by atoms with Crippen molar-refractivity contribution in [2.24, 2.45) is 0 Å². The molecule has 0 saturated heterocycles. The first-order valence-corrected chi connectivity index (χ1v) is 7.10. The minimum absolute atomic E-state index is 0.0172. The van der Waals surface area contributed by atoms with Gasteiger partial charge in [0.1, 0.15) is 11.6 Å². The van der Waals surface area contributed by atoms with Gasteiger partial charge in [0.25, 0.3) is 0 Å². The summed E-state index contributed by atoms with van der Waals surface area (Å²) >= 11 is 0. The van der Waals surface area contributed by atoms with Gasteiger partial charge in [-0.2, -0.15) is 0 Å². The molecule has 0 unspecified atom stereocenters. The number of rotatable bonds is 6. The summed E-state index contributed by atoms with van der Waals surface area (Å²) in [6, 6.07) is 11.4. The molecule has 22 heavy (non-hydrogen) atoms. The molecule has 1 aromatic heterocycles. The SMILES string of the molecule is COc1cccc(CC(=O)NCc2ccnc(N(C)C)c2)c1. The lowest BCUT2D eigenvalue weighted by Crippen LogP contribution is -2.24. The third-order valence-corrected chi connectivity index (χ3v) is 3.26. The lowest BCUT2D eigenvalue weighted by atomic mass is 10.1. The van der Waals surface area contributed by atoms with Crippen molar-refractivity contribution in [3.63, 3.8) is 0 Å². The van der Waals surface area contributed by atoms with Crippen LogP contribution in [0.3, 0.4) is 0 Å². The van der Waals surface area contributed by atoms with Gasteiger partial charge in [0.2, 0.25) is 5.91 Å². The number of pyridine rings is 1. The number of nitrogens with zero attached hydrogens (tertiary/aromatic N) is 2. The van der Waals surface area contributed by atoms with E-state index >= 15 is 0 Å². The smallest absolute Gasteiger partial charge is 0.224 e. The van der Waals surface area contributed by atoms with Crippen LogP contribution in [-0.2, 0) is 17.8 Å². The second kappa shape index (κ2) is 7.45. The van der Waals surface area contributed by atoms with Crippen LogP contribution in [0.1, 0.15) is 11.1 Å². The Morgan fingerprint density at radius 2 is 2.05 bits per heavy atom. The van der Waals surface area contributed by atoms with Crippen molar-refractivity contribution in [2.45, 2.75) is 13.0 Å². The van der Waals surface area contributed by atoms with Crippen molar-refractivity contribution in [3.8, 4) is 5.75 Å². The van der Waals surface area contributed by atoms with E-state index in [1.54, 1.807) is 13.3 Å². The fourth-order valence-electron chi connectivity index (χ4n) is 2.05. The van der Waals surface area contributed by atoms with Crippen LogP contribution in [0, 0.1) is 0 Å². The van der Waals surface area contributed by atoms with Crippen LogP contribution in [0.25, 0.3) is 0 Å². The fourth-order valence-corrected chi connectivity index (χ4v) is 2.05. The van der Waals surface area contributed by atoms with E-state index < -0.39 is 0 Å². The third kappa shape index (κ3) is 4.48. The Bertz CT molecular complexity index is 641. The van der Waals surface area contributed by atoms with Gasteiger partial charge in [-0.1, -0.05) is 12.1 Å². The Labute approximate surface area is 130 Å². The van der Waals surface area contributed by atoms with Crippen LogP contribution >= 0.6 is 0 Å². The van der Waals surface area contributed by atoms with Crippen LogP contribution in [0.4, 0.5) is 5.82 Å². The van der Waals surface area contributed by atoms with E-state index in [-0.39, 0.29) is 5.91 Å². The van der Waals surface area contributed by atoms with Crippen molar-refractivity contribution in [1.29, 1.82) is 0 Å². The number of aromatic nitrogens is 1. The molecule has 5 nitrogen and oxygen atoms in total. The summed E-state index contributed by atoms with van der Waals surface area (Å²) in [6.07, 6.45) is 2.09. The van der Waals surface area contributed by atoms with Gasteiger partial charge >= 0.3 is 0 Å². The summed E-state index contributed by atoms with van der Waals surface area (Å²) in [4.78, 5) is 18.2. The highest BCUT2D eigenvalue weighted by Crippen LogP contribution is 2.13. The normalized spacial score (nSPS) is 10.1. The quantitative estimate of drug-likeness (QED) is 0.886. The largest absolute Gasteiger partial charge is 0.497 e. The Balaban J connectivity index is 1.91. The first kappa shape index (κ1) is 15.8. The maximum atomic E-state index is 12.0. The highest BCUT2D eigenvalue weighted by atomic mass is 16.5. The summed E-state index contributed by atoms with van der Waals surface area (Å²) in [7, 11) is 5.49. The zero-order valence-electron chi connectivity index (χ0n) is 13.2. The van der Waals surface area contributed by atoms with E-state index in [0.717, 1.165) is 22.7 Å². The topological polar surface area (TPSA) is 54.5 Å². The second-order valence-corrected chi connectivity index (χ2v) is 5.22. The van der Waals surface area contributed by atoms with Crippen LogP contribution in [0.15, 0.2) is 42.6 Å². The van der Waals surface area contributed by atoms with Gasteiger partial charge in [0.15, 0.2) is 0 Å². The number of nitrogens with one attached hydrogen (secondary N) is 1. The predicted octanol–water partition coefficient (Wildman–Crippen LogP) is 2.02. The summed E-state index contributed by atoms with van der Waals surface area (Å²) in [5, 5.41) is 2.93. The molecule has 0 fully saturated rings. The maximum Gasteiger partial charge on any atom is 0.224 e. The monoisotopic (exact) mass is 299 g/mol. The van der Waals surface area contributed by atoms with E-state index in [4.69, 9.17) is 4.74 Å². The number of carbonyl (C=O) groups excluding carboxylic acids is 1. The maximum absolute atomic E-state index is 12.0. The van der Waals surface area contributed by atoms with E-state index in [2.05, 4.69) is 10.3 Å². The van der Waals surface area contributed by atoms with Gasteiger partial charge in [-0.05, 0) is 35.4 Å². The zero-order valence-corrected chi connectivity index (χ0v) is 13.2. The summed E-state index contributed by atoms with van der Waals surface area (Å²) < 4.78 is 5.16. The predicted molar refractivity (Wildman–Crippen MR) is 87.1 cm³/mol. The molecule has 0 bridgehead atoms. The summed E-state index contributed by atoms with van der Waals surface area (Å²) in [5.41, 5.74) is 1.96. The van der Waals surface area contributed by atoms with Crippen molar-refractivity contribution < 1.29 is 9.53 Å². The van der Waals surface area contributed by atoms with Crippen LogP contribution < -0.4 is 15.0 Å². The summed E-state index contributed by atoms with van der Waals surface area (Å²) in [6.45, 7) is 0.492. The number of hydrogen-bond donors (Lipinski definition) is 1. The molecule has 0 radical (unpaired) electrons. The molecule has 0 atom stereocenters. The third-order valence-electron chi connectivity index (χ3n) is 3.26. The summed E-state index contributed by atoms with van der Waals surface area (Å²) in [5.74, 6) is 1.62. The van der Waals surface area contributed by atoms with Crippen LogP contribution in [0.2, 0.25) is 0 Å². The highest BCUT2D eigenvalue weighted by Gasteiger charge is 2.05. The van der Waals surface area contributed by atoms with E-state index in [1.165, 1.54) is 0 Å². The van der Waals surface area contributed by atoms with E-state index in [0.29, 0.717) is 13.0 Å². The minimum atomic E-state index is -0.0172. The number of amides is 1. The minimum Gasteiger partial charge on any atom is -0.497 e. The number of benzene rings is 1. The molecule has 2 rings (SSSR count). The molecule has 5 heteroatoms. The van der Waals surface area contributed by atoms with E-state index in [9.17, 15) is 4.79 Å². The van der Waals surface area contributed by atoms with Crippen molar-refractivity contribution in [3.05, 3.63) is 53.7 Å². The number of ether oxygens (including phenoxy) is 1. The first-order chi connectivity index (χ1) is 10.6. The van der Waals surface area contributed by atoms with Gasteiger partial charge < -0.3 is 15.0 Å². The molecule has 0 aliphatic rings. The van der Waals surface area contributed by atoms with Crippen molar-refractivity contribution in [1.82, 2.24) is 10.3 Å². The molecule has 1 aromatic carbocycles. The molecule has 0 aliphatic heterocycles. The molecule has 1 N–H and O–H groups in total. The molecule has 1 heterocycles. The number of hydrogen-bond acceptors (Lipinski definition) is 4. The lowest BCUT2D eigenvalue weighted by Gasteiger charge is -2.12. The number of methoxy groups -OCH3 is 1. The van der Waals surface area contributed by atoms with Gasteiger partial charge in [-0.15, -0.1) is 0 Å². The highest BCUT2D eigenvalue weighted by molar-refractivity contribution is 5.78. The molecule has 0 spiro atoms. The molecule has 0 aliphatic carbocycles. The van der Waals surface area contributed by atoms with Crippen LogP contribution in [-0.4, -0.2) is 32.1 Å². The number of anilines is 1. The second-order valence-electron chi connectivity index (χ2n) is 5.22. The lowest BCUT2D eigenvalue weighted by molar-refractivity contribution is -0.120.